The molecule has 8 heteroatoms. The molecule has 2 N–H and O–H groups in total. The predicted molar refractivity (Wildman–Crippen MR) is 82.5 cm³/mol. The Labute approximate surface area is 128 Å². The average molecular weight is 330 g/mol. The number of ether oxygens (including phenoxy) is 1. The number of para-hydroxylation sites is 1. The summed E-state index contributed by atoms with van der Waals surface area (Å²) in [5.74, 6) is 0.523. The number of carbonyl (C=O) groups is 1. The van der Waals surface area contributed by atoms with Crippen molar-refractivity contribution >= 4 is 33.4 Å². The molecule has 0 saturated carbocycles. The Kier molecular flexibility index (Phi) is 5.13. The summed E-state index contributed by atoms with van der Waals surface area (Å²) in [5, 5.41) is 0. The standard InChI is InChI=1S/C13H18N2O4S2/c1-2-19-13(16)11-9-20-8-7-15(11)21(17,18)12-6-4-3-5-10(12)14/h3-6,11H,2,7-9,14H2,1H3. The van der Waals surface area contributed by atoms with Gasteiger partial charge >= 0.3 is 5.97 Å². The first-order chi connectivity index (χ1) is 9.98. The number of esters is 1. The first-order valence-electron chi connectivity index (χ1n) is 6.59. The molecule has 1 saturated heterocycles. The van der Waals surface area contributed by atoms with Gasteiger partial charge in [-0.05, 0) is 19.1 Å². The van der Waals surface area contributed by atoms with E-state index in [9.17, 15) is 13.2 Å². The van der Waals surface area contributed by atoms with Crippen molar-refractivity contribution in [2.24, 2.45) is 0 Å². The monoisotopic (exact) mass is 330 g/mol. The van der Waals surface area contributed by atoms with Gasteiger partial charge in [-0.25, -0.2) is 8.42 Å². The van der Waals surface area contributed by atoms with Crippen LogP contribution >= 0.6 is 11.8 Å². The van der Waals surface area contributed by atoms with E-state index < -0.39 is 22.0 Å². The molecule has 1 unspecified atom stereocenters. The smallest absolute Gasteiger partial charge is 0.325 e. The fraction of sp³-hybridized carbons (Fsp3) is 0.462. The van der Waals surface area contributed by atoms with Gasteiger partial charge < -0.3 is 10.5 Å². The Hall–Kier alpha value is -1.25. The molecule has 2 rings (SSSR count). The highest BCUT2D eigenvalue weighted by molar-refractivity contribution is 7.99. The van der Waals surface area contributed by atoms with E-state index in [-0.39, 0.29) is 23.7 Å². The van der Waals surface area contributed by atoms with E-state index in [1.165, 1.54) is 28.2 Å². The lowest BCUT2D eigenvalue weighted by Crippen LogP contribution is -2.50. The fourth-order valence-electron chi connectivity index (χ4n) is 2.14. The lowest BCUT2D eigenvalue weighted by Gasteiger charge is -2.32. The zero-order chi connectivity index (χ0) is 15.5. The van der Waals surface area contributed by atoms with Crippen LogP contribution in [0.5, 0.6) is 0 Å². The van der Waals surface area contributed by atoms with Crippen LogP contribution in [0, 0.1) is 0 Å². The minimum atomic E-state index is -3.81. The van der Waals surface area contributed by atoms with Gasteiger partial charge in [-0.1, -0.05) is 12.1 Å². The second kappa shape index (κ2) is 6.67. The van der Waals surface area contributed by atoms with Gasteiger partial charge in [0.2, 0.25) is 10.0 Å². The Bertz CT molecular complexity index is 618. The number of benzene rings is 1. The molecule has 0 spiro atoms. The zero-order valence-corrected chi connectivity index (χ0v) is 13.3. The SMILES string of the molecule is CCOC(=O)C1CSCCN1S(=O)(=O)c1ccccc1N. The van der Waals surface area contributed by atoms with E-state index in [1.54, 1.807) is 19.1 Å². The number of nitrogens with two attached hydrogens (primary N) is 1. The van der Waals surface area contributed by atoms with Crippen LogP contribution in [0.2, 0.25) is 0 Å². The summed E-state index contributed by atoms with van der Waals surface area (Å²) in [6, 6.07) is 5.47. The Morgan fingerprint density at radius 3 is 2.86 bits per heavy atom. The second-order valence-corrected chi connectivity index (χ2v) is 7.51. The summed E-state index contributed by atoms with van der Waals surface area (Å²) >= 11 is 1.54. The molecule has 0 amide bonds. The maximum absolute atomic E-state index is 12.8. The normalized spacial score (nSPS) is 20.1. The third-order valence-corrected chi connectivity index (χ3v) is 6.15. The maximum atomic E-state index is 12.8. The summed E-state index contributed by atoms with van der Waals surface area (Å²) in [4.78, 5) is 12.0. The number of nitrogens with zero attached hydrogens (tertiary/aromatic N) is 1. The minimum absolute atomic E-state index is 0.0335. The molecule has 0 aromatic heterocycles. The predicted octanol–water partition coefficient (Wildman–Crippen LogP) is 0.938. The molecule has 0 aliphatic carbocycles. The highest BCUT2D eigenvalue weighted by Crippen LogP contribution is 2.28. The number of carbonyl (C=O) groups excluding carboxylic acids is 1. The van der Waals surface area contributed by atoms with Crippen molar-refractivity contribution in [3.8, 4) is 0 Å². The highest BCUT2D eigenvalue weighted by Gasteiger charge is 2.39. The number of hydrogen-bond acceptors (Lipinski definition) is 6. The van der Waals surface area contributed by atoms with E-state index in [1.807, 2.05) is 0 Å². The van der Waals surface area contributed by atoms with Crippen molar-refractivity contribution in [2.45, 2.75) is 17.9 Å². The zero-order valence-electron chi connectivity index (χ0n) is 11.7. The third kappa shape index (κ3) is 3.33. The topological polar surface area (TPSA) is 89.7 Å². The number of hydrogen-bond donors (Lipinski definition) is 1. The van der Waals surface area contributed by atoms with Crippen molar-refractivity contribution in [1.29, 1.82) is 0 Å². The molecular formula is C13H18N2O4S2. The highest BCUT2D eigenvalue weighted by atomic mass is 32.2. The van der Waals surface area contributed by atoms with E-state index >= 15 is 0 Å². The molecule has 1 aromatic carbocycles. The van der Waals surface area contributed by atoms with Crippen LogP contribution in [0.1, 0.15) is 6.92 Å². The van der Waals surface area contributed by atoms with Crippen LogP contribution in [0.15, 0.2) is 29.2 Å². The summed E-state index contributed by atoms with van der Waals surface area (Å²) in [5.41, 5.74) is 5.95. The summed E-state index contributed by atoms with van der Waals surface area (Å²) < 4.78 is 31.7. The maximum Gasteiger partial charge on any atom is 0.325 e. The molecule has 0 radical (unpaired) electrons. The Morgan fingerprint density at radius 2 is 2.19 bits per heavy atom. The molecular weight excluding hydrogens is 312 g/mol. The number of thioether (sulfide) groups is 1. The molecule has 1 fully saturated rings. The van der Waals surface area contributed by atoms with Gasteiger partial charge in [-0.3, -0.25) is 4.79 Å². The van der Waals surface area contributed by atoms with Gasteiger partial charge in [-0.15, -0.1) is 0 Å². The quantitative estimate of drug-likeness (QED) is 0.653. The van der Waals surface area contributed by atoms with Gasteiger partial charge in [0.15, 0.2) is 0 Å². The van der Waals surface area contributed by atoms with Crippen molar-refractivity contribution in [2.75, 3.05) is 30.4 Å². The minimum Gasteiger partial charge on any atom is -0.465 e. The van der Waals surface area contributed by atoms with Crippen molar-refractivity contribution in [3.05, 3.63) is 24.3 Å². The van der Waals surface area contributed by atoms with Crippen LogP contribution in [0.3, 0.4) is 0 Å². The molecule has 0 bridgehead atoms. The molecule has 1 atom stereocenters. The van der Waals surface area contributed by atoms with Crippen molar-refractivity contribution in [1.82, 2.24) is 4.31 Å². The van der Waals surface area contributed by atoms with E-state index in [0.29, 0.717) is 11.5 Å². The van der Waals surface area contributed by atoms with Gasteiger partial charge in [0.25, 0.3) is 0 Å². The first kappa shape index (κ1) is 16.1. The molecule has 1 aliphatic heterocycles. The lowest BCUT2D eigenvalue weighted by molar-refractivity contribution is -0.146. The van der Waals surface area contributed by atoms with E-state index in [4.69, 9.17) is 10.5 Å². The van der Waals surface area contributed by atoms with Crippen molar-refractivity contribution < 1.29 is 17.9 Å². The average Bonchev–Trinajstić information content (AvgIpc) is 2.48. The van der Waals surface area contributed by atoms with Crippen LogP contribution in [0.4, 0.5) is 5.69 Å². The molecule has 21 heavy (non-hydrogen) atoms. The summed E-state index contributed by atoms with van der Waals surface area (Å²) in [6.07, 6.45) is 0. The summed E-state index contributed by atoms with van der Waals surface area (Å²) in [6.45, 7) is 2.19. The first-order valence-corrected chi connectivity index (χ1v) is 9.18. The van der Waals surface area contributed by atoms with Gasteiger partial charge in [0.05, 0.1) is 12.3 Å². The van der Waals surface area contributed by atoms with Crippen molar-refractivity contribution in [3.63, 3.8) is 0 Å². The van der Waals surface area contributed by atoms with E-state index in [2.05, 4.69) is 0 Å². The van der Waals surface area contributed by atoms with E-state index in [0.717, 1.165) is 0 Å². The van der Waals surface area contributed by atoms with Gasteiger partial charge in [-0.2, -0.15) is 16.1 Å². The molecule has 1 heterocycles. The Morgan fingerprint density at radius 1 is 1.48 bits per heavy atom. The number of sulfonamides is 1. The van der Waals surface area contributed by atoms with Crippen LogP contribution in [0.25, 0.3) is 0 Å². The lowest BCUT2D eigenvalue weighted by atomic mass is 10.3. The molecule has 6 nitrogen and oxygen atoms in total. The second-order valence-electron chi connectivity index (χ2n) is 4.50. The summed E-state index contributed by atoms with van der Waals surface area (Å²) in [7, 11) is -3.81. The van der Waals surface area contributed by atoms with Crippen LogP contribution < -0.4 is 5.73 Å². The van der Waals surface area contributed by atoms with Crippen LogP contribution in [-0.4, -0.2) is 49.4 Å². The van der Waals surface area contributed by atoms with Gasteiger partial charge in [0, 0.05) is 18.1 Å². The molecule has 1 aromatic rings. The largest absolute Gasteiger partial charge is 0.465 e. The third-order valence-electron chi connectivity index (χ3n) is 3.14. The number of anilines is 1. The number of nitrogen functional groups attached to an aromatic ring is 1. The number of rotatable bonds is 4. The Balaban J connectivity index is 2.36. The van der Waals surface area contributed by atoms with Crippen LogP contribution in [-0.2, 0) is 19.6 Å². The molecule has 1 aliphatic rings. The fourth-order valence-corrected chi connectivity index (χ4v) is 5.08. The molecule has 116 valence electrons. The van der Waals surface area contributed by atoms with Gasteiger partial charge in [0.1, 0.15) is 10.9 Å².